The lowest BCUT2D eigenvalue weighted by Gasteiger charge is -2.19. The number of hydrogen-bond donors (Lipinski definition) is 1. The highest BCUT2D eigenvalue weighted by Gasteiger charge is 2.33. The molecule has 0 aliphatic carbocycles. The fraction of sp³-hybridized carbons (Fsp3) is 0.389. The Labute approximate surface area is 139 Å². The number of imide groups is 1. The number of H-pyrrole nitrogens is 1. The van der Waals surface area contributed by atoms with Gasteiger partial charge in [-0.1, -0.05) is 18.2 Å². The number of nitrogens with zero attached hydrogens (tertiary/aromatic N) is 1. The Bertz CT molecular complexity index is 780. The molecule has 1 aliphatic heterocycles. The van der Waals surface area contributed by atoms with Gasteiger partial charge in [-0.25, -0.2) is 0 Å². The van der Waals surface area contributed by atoms with E-state index in [2.05, 4.69) is 4.98 Å². The monoisotopic (exact) mass is 328 g/mol. The zero-order valence-corrected chi connectivity index (χ0v) is 13.6. The van der Waals surface area contributed by atoms with Gasteiger partial charge in [0.1, 0.15) is 0 Å². The summed E-state index contributed by atoms with van der Waals surface area (Å²) in [6.07, 6.45) is 2.75. The van der Waals surface area contributed by atoms with Gasteiger partial charge >= 0.3 is 5.97 Å². The molecular formula is C18H20N2O4. The number of fused-ring (bicyclic) bond motifs is 1. The minimum Gasteiger partial charge on any atom is -0.466 e. The van der Waals surface area contributed by atoms with Crippen molar-refractivity contribution in [2.75, 3.05) is 13.2 Å². The van der Waals surface area contributed by atoms with Crippen molar-refractivity contribution >= 4 is 28.7 Å². The number of aromatic amines is 1. The quantitative estimate of drug-likeness (QED) is 0.855. The summed E-state index contributed by atoms with van der Waals surface area (Å²) >= 11 is 0. The van der Waals surface area contributed by atoms with Crippen LogP contribution in [-0.2, 0) is 19.1 Å². The van der Waals surface area contributed by atoms with Gasteiger partial charge in [0.25, 0.3) is 0 Å². The topological polar surface area (TPSA) is 79.5 Å². The standard InChI is InChI=1S/C18H20N2O4/c1-2-24-18(23)13(10-17(22)20-9-5-8-16(20)21)14-11-19-15-7-4-3-6-12(14)15/h3-4,6-7,11,13,19H,2,5,8-10H2,1H3. The molecule has 0 radical (unpaired) electrons. The summed E-state index contributed by atoms with van der Waals surface area (Å²) in [5.41, 5.74) is 1.62. The zero-order valence-electron chi connectivity index (χ0n) is 13.6. The molecule has 2 heterocycles. The van der Waals surface area contributed by atoms with Gasteiger partial charge in [-0.05, 0) is 25.0 Å². The Morgan fingerprint density at radius 3 is 2.83 bits per heavy atom. The molecule has 1 aromatic heterocycles. The Morgan fingerprint density at radius 2 is 2.12 bits per heavy atom. The van der Waals surface area contributed by atoms with E-state index in [1.54, 1.807) is 13.1 Å². The van der Waals surface area contributed by atoms with Gasteiger partial charge in [-0.15, -0.1) is 0 Å². The number of aromatic nitrogens is 1. The molecule has 2 amide bonds. The molecule has 126 valence electrons. The Hall–Kier alpha value is -2.63. The average Bonchev–Trinajstić information content (AvgIpc) is 3.19. The summed E-state index contributed by atoms with van der Waals surface area (Å²) in [5, 5.41) is 0.885. The zero-order chi connectivity index (χ0) is 17.1. The van der Waals surface area contributed by atoms with Crippen LogP contribution in [0.5, 0.6) is 0 Å². The summed E-state index contributed by atoms with van der Waals surface area (Å²) in [5.74, 6) is -1.65. The number of carbonyl (C=O) groups excluding carboxylic acids is 3. The third-order valence-corrected chi connectivity index (χ3v) is 4.32. The number of benzene rings is 1. The van der Waals surface area contributed by atoms with Crippen LogP contribution in [0.3, 0.4) is 0 Å². The molecule has 1 aromatic carbocycles. The first kappa shape index (κ1) is 16.2. The van der Waals surface area contributed by atoms with Crippen LogP contribution >= 0.6 is 0 Å². The third kappa shape index (κ3) is 3.04. The summed E-state index contributed by atoms with van der Waals surface area (Å²) in [6.45, 7) is 2.41. The molecule has 0 spiro atoms. The largest absolute Gasteiger partial charge is 0.466 e. The van der Waals surface area contributed by atoms with Crippen molar-refractivity contribution in [1.29, 1.82) is 0 Å². The Kier molecular flexibility index (Phi) is 4.64. The molecule has 1 aliphatic rings. The number of ether oxygens (including phenoxy) is 1. The number of esters is 1. The smallest absolute Gasteiger partial charge is 0.314 e. The van der Waals surface area contributed by atoms with Crippen LogP contribution in [0.15, 0.2) is 30.5 Å². The Balaban J connectivity index is 1.90. The highest BCUT2D eigenvalue weighted by molar-refractivity contribution is 5.99. The van der Waals surface area contributed by atoms with E-state index in [0.717, 1.165) is 16.5 Å². The minimum atomic E-state index is -0.720. The molecule has 1 unspecified atom stereocenters. The van der Waals surface area contributed by atoms with E-state index < -0.39 is 11.9 Å². The fourth-order valence-corrected chi connectivity index (χ4v) is 3.14. The van der Waals surface area contributed by atoms with Crippen molar-refractivity contribution in [2.24, 2.45) is 0 Å². The average molecular weight is 328 g/mol. The molecule has 0 bridgehead atoms. The van der Waals surface area contributed by atoms with Gasteiger partial charge in [-0.3, -0.25) is 19.3 Å². The van der Waals surface area contributed by atoms with Crippen LogP contribution in [0.4, 0.5) is 0 Å². The first-order valence-corrected chi connectivity index (χ1v) is 8.17. The van der Waals surface area contributed by atoms with E-state index >= 15 is 0 Å². The summed E-state index contributed by atoms with van der Waals surface area (Å²) < 4.78 is 5.16. The maximum atomic E-state index is 12.5. The second-order valence-electron chi connectivity index (χ2n) is 5.84. The minimum absolute atomic E-state index is 0.0631. The number of nitrogens with one attached hydrogen (secondary N) is 1. The van der Waals surface area contributed by atoms with Crippen molar-refractivity contribution in [3.05, 3.63) is 36.0 Å². The van der Waals surface area contributed by atoms with Crippen LogP contribution < -0.4 is 0 Å². The first-order chi connectivity index (χ1) is 11.6. The van der Waals surface area contributed by atoms with Crippen LogP contribution in [-0.4, -0.2) is 40.8 Å². The number of hydrogen-bond acceptors (Lipinski definition) is 4. The van der Waals surface area contributed by atoms with Crippen LogP contribution in [0.1, 0.15) is 37.7 Å². The maximum absolute atomic E-state index is 12.5. The van der Waals surface area contributed by atoms with Gasteiger partial charge in [0.2, 0.25) is 11.8 Å². The normalized spacial score (nSPS) is 15.7. The molecule has 0 saturated carbocycles. The lowest BCUT2D eigenvalue weighted by atomic mass is 9.94. The van der Waals surface area contributed by atoms with E-state index in [1.807, 2.05) is 24.3 Å². The number of likely N-dealkylation sites (tertiary alicyclic amines) is 1. The van der Waals surface area contributed by atoms with Crippen molar-refractivity contribution in [1.82, 2.24) is 9.88 Å². The van der Waals surface area contributed by atoms with Crippen LogP contribution in [0.25, 0.3) is 10.9 Å². The van der Waals surface area contributed by atoms with Crippen molar-refractivity contribution < 1.29 is 19.1 Å². The van der Waals surface area contributed by atoms with E-state index in [-0.39, 0.29) is 24.8 Å². The molecule has 1 fully saturated rings. The fourth-order valence-electron chi connectivity index (χ4n) is 3.14. The lowest BCUT2D eigenvalue weighted by Crippen LogP contribution is -2.34. The van der Waals surface area contributed by atoms with Gasteiger partial charge in [0, 0.05) is 36.5 Å². The second kappa shape index (κ2) is 6.86. The highest BCUT2D eigenvalue weighted by Crippen LogP contribution is 2.30. The van der Waals surface area contributed by atoms with Crippen molar-refractivity contribution in [2.45, 2.75) is 32.1 Å². The lowest BCUT2D eigenvalue weighted by molar-refractivity contribution is -0.149. The number of amides is 2. The van der Waals surface area contributed by atoms with Crippen LogP contribution in [0, 0.1) is 0 Å². The molecule has 1 N–H and O–H groups in total. The maximum Gasteiger partial charge on any atom is 0.314 e. The SMILES string of the molecule is CCOC(=O)C(CC(=O)N1CCCC1=O)c1c[nH]c2ccccc12. The molecule has 1 saturated heterocycles. The molecule has 6 nitrogen and oxygen atoms in total. The first-order valence-electron chi connectivity index (χ1n) is 8.17. The molecular weight excluding hydrogens is 308 g/mol. The predicted molar refractivity (Wildman–Crippen MR) is 88.2 cm³/mol. The van der Waals surface area contributed by atoms with Gasteiger partial charge in [0.15, 0.2) is 0 Å². The predicted octanol–water partition coefficient (Wildman–Crippen LogP) is 2.35. The van der Waals surface area contributed by atoms with Gasteiger partial charge < -0.3 is 9.72 Å². The Morgan fingerprint density at radius 1 is 1.33 bits per heavy atom. The summed E-state index contributed by atoms with van der Waals surface area (Å²) in [7, 11) is 0. The number of carbonyl (C=O) groups is 3. The van der Waals surface area contributed by atoms with Crippen molar-refractivity contribution in [3.8, 4) is 0 Å². The van der Waals surface area contributed by atoms with E-state index in [0.29, 0.717) is 19.4 Å². The molecule has 6 heteroatoms. The number of rotatable bonds is 5. The van der Waals surface area contributed by atoms with E-state index in [4.69, 9.17) is 4.74 Å². The number of para-hydroxylation sites is 1. The second-order valence-corrected chi connectivity index (χ2v) is 5.84. The molecule has 2 aromatic rings. The third-order valence-electron chi connectivity index (χ3n) is 4.32. The van der Waals surface area contributed by atoms with Crippen LogP contribution in [0.2, 0.25) is 0 Å². The molecule has 24 heavy (non-hydrogen) atoms. The van der Waals surface area contributed by atoms with Gasteiger partial charge in [0.05, 0.1) is 12.5 Å². The molecule has 1 atom stereocenters. The highest BCUT2D eigenvalue weighted by atomic mass is 16.5. The van der Waals surface area contributed by atoms with E-state index in [1.165, 1.54) is 4.90 Å². The summed E-state index contributed by atoms with van der Waals surface area (Å²) in [6, 6.07) is 7.59. The summed E-state index contributed by atoms with van der Waals surface area (Å²) in [4.78, 5) is 41.1. The van der Waals surface area contributed by atoms with Crippen molar-refractivity contribution in [3.63, 3.8) is 0 Å². The van der Waals surface area contributed by atoms with Gasteiger partial charge in [-0.2, -0.15) is 0 Å². The van der Waals surface area contributed by atoms with E-state index in [9.17, 15) is 14.4 Å². The molecule has 3 rings (SSSR count).